The van der Waals surface area contributed by atoms with Crippen LogP contribution in [0.15, 0.2) is 36.5 Å². The van der Waals surface area contributed by atoms with E-state index < -0.39 is 0 Å². The summed E-state index contributed by atoms with van der Waals surface area (Å²) in [6, 6.07) is 10.2. The monoisotopic (exact) mass is 274 g/mol. The lowest BCUT2D eigenvalue weighted by atomic mass is 10.1. The van der Waals surface area contributed by atoms with Crippen LogP contribution in [-0.2, 0) is 6.54 Å². The normalized spacial score (nSPS) is 19.7. The Morgan fingerprint density at radius 3 is 2.89 bits per heavy atom. The fourth-order valence-corrected chi connectivity index (χ4v) is 2.66. The van der Waals surface area contributed by atoms with Crippen molar-refractivity contribution in [2.75, 3.05) is 6.54 Å². The van der Waals surface area contributed by atoms with Crippen molar-refractivity contribution in [3.8, 4) is 0 Å². The Morgan fingerprint density at radius 2 is 2.16 bits per heavy atom. The average Bonchev–Trinajstić information content (AvgIpc) is 2.90. The Bertz CT molecular complexity index is 529. The molecular weight excluding hydrogens is 260 g/mol. The molecule has 4 nitrogen and oxygen atoms in total. The van der Waals surface area contributed by atoms with E-state index in [9.17, 15) is 0 Å². The molecule has 3 heterocycles. The van der Waals surface area contributed by atoms with Crippen LogP contribution < -0.4 is 0 Å². The predicted octanol–water partition coefficient (Wildman–Crippen LogP) is 2.86. The first-order valence-corrected chi connectivity index (χ1v) is 6.84. The quantitative estimate of drug-likeness (QED) is 0.863. The zero-order chi connectivity index (χ0) is 13.1. The van der Waals surface area contributed by atoms with Crippen LogP contribution in [0.3, 0.4) is 0 Å². The maximum Gasteiger partial charge on any atom is 0.151 e. The molecule has 1 fully saturated rings. The van der Waals surface area contributed by atoms with Crippen molar-refractivity contribution >= 4 is 11.6 Å². The highest BCUT2D eigenvalue weighted by Crippen LogP contribution is 2.31. The number of halogens is 1. The van der Waals surface area contributed by atoms with Gasteiger partial charge in [0.25, 0.3) is 0 Å². The summed E-state index contributed by atoms with van der Waals surface area (Å²) < 4.78 is 0. The zero-order valence-electron chi connectivity index (χ0n) is 10.5. The Kier molecular flexibility index (Phi) is 3.71. The Hall–Kier alpha value is -1.52. The van der Waals surface area contributed by atoms with Crippen LogP contribution in [0.4, 0.5) is 0 Å². The zero-order valence-corrected chi connectivity index (χ0v) is 11.3. The van der Waals surface area contributed by atoms with Gasteiger partial charge in [-0.15, -0.1) is 5.10 Å². The standard InChI is InChI=1S/C14H15ClN4/c15-14-7-6-11(17-18-14)10-19-9-3-5-13(19)12-4-1-2-8-16-12/h1-2,4,6-8,13H,3,5,9-10H2. The Balaban J connectivity index is 1.75. The van der Waals surface area contributed by atoms with Gasteiger partial charge in [0.05, 0.1) is 17.4 Å². The van der Waals surface area contributed by atoms with E-state index >= 15 is 0 Å². The maximum absolute atomic E-state index is 5.76. The van der Waals surface area contributed by atoms with Crippen molar-refractivity contribution in [1.82, 2.24) is 20.1 Å². The summed E-state index contributed by atoms with van der Waals surface area (Å²) in [5.74, 6) is 0. The minimum atomic E-state index is 0.388. The highest BCUT2D eigenvalue weighted by Gasteiger charge is 2.27. The molecule has 1 aliphatic rings. The topological polar surface area (TPSA) is 41.9 Å². The lowest BCUT2D eigenvalue weighted by molar-refractivity contribution is 0.241. The van der Waals surface area contributed by atoms with Gasteiger partial charge in [0.2, 0.25) is 0 Å². The van der Waals surface area contributed by atoms with E-state index in [1.165, 1.54) is 6.42 Å². The molecule has 1 atom stereocenters. The summed E-state index contributed by atoms with van der Waals surface area (Å²) in [6.07, 6.45) is 4.20. The lowest BCUT2D eigenvalue weighted by Gasteiger charge is -2.23. The van der Waals surface area contributed by atoms with E-state index in [1.807, 2.05) is 24.4 Å². The molecule has 1 saturated heterocycles. The SMILES string of the molecule is Clc1ccc(CN2CCCC2c2ccccn2)nn1. The second-order valence-electron chi connectivity index (χ2n) is 4.73. The van der Waals surface area contributed by atoms with Crippen molar-refractivity contribution in [3.05, 3.63) is 53.1 Å². The first-order chi connectivity index (χ1) is 9.33. The molecule has 19 heavy (non-hydrogen) atoms. The van der Waals surface area contributed by atoms with Gasteiger partial charge in [-0.3, -0.25) is 9.88 Å². The third-order valence-corrected chi connectivity index (χ3v) is 3.65. The molecule has 2 aromatic heterocycles. The number of likely N-dealkylation sites (tertiary alicyclic amines) is 1. The van der Waals surface area contributed by atoms with Crippen LogP contribution in [0.5, 0.6) is 0 Å². The van der Waals surface area contributed by atoms with Crippen LogP contribution >= 0.6 is 11.6 Å². The smallest absolute Gasteiger partial charge is 0.151 e. The van der Waals surface area contributed by atoms with E-state index in [0.29, 0.717) is 11.2 Å². The Labute approximate surface area is 117 Å². The molecule has 98 valence electrons. The minimum absolute atomic E-state index is 0.388. The van der Waals surface area contributed by atoms with Gasteiger partial charge in [-0.2, -0.15) is 5.10 Å². The van der Waals surface area contributed by atoms with Gasteiger partial charge in [-0.1, -0.05) is 17.7 Å². The van der Waals surface area contributed by atoms with Gasteiger partial charge in [0.1, 0.15) is 0 Å². The van der Waals surface area contributed by atoms with Crippen LogP contribution in [0.1, 0.15) is 30.3 Å². The molecule has 3 rings (SSSR count). The van der Waals surface area contributed by atoms with Gasteiger partial charge >= 0.3 is 0 Å². The minimum Gasteiger partial charge on any atom is -0.289 e. The molecule has 1 aliphatic heterocycles. The third-order valence-electron chi connectivity index (χ3n) is 3.45. The summed E-state index contributed by atoms with van der Waals surface area (Å²) in [5, 5.41) is 8.45. The summed E-state index contributed by atoms with van der Waals surface area (Å²) in [6.45, 7) is 1.87. The van der Waals surface area contributed by atoms with Gasteiger partial charge in [-0.25, -0.2) is 0 Å². The number of pyridine rings is 1. The van der Waals surface area contributed by atoms with Crippen LogP contribution in [0, 0.1) is 0 Å². The highest BCUT2D eigenvalue weighted by molar-refractivity contribution is 6.29. The predicted molar refractivity (Wildman–Crippen MR) is 73.7 cm³/mol. The third kappa shape index (κ3) is 2.91. The molecule has 5 heteroatoms. The van der Waals surface area contributed by atoms with Crippen molar-refractivity contribution in [1.29, 1.82) is 0 Å². The maximum atomic E-state index is 5.76. The van der Waals surface area contributed by atoms with Crippen molar-refractivity contribution in [3.63, 3.8) is 0 Å². The molecule has 0 saturated carbocycles. The molecular formula is C14H15ClN4. The van der Waals surface area contributed by atoms with Crippen molar-refractivity contribution < 1.29 is 0 Å². The highest BCUT2D eigenvalue weighted by atomic mass is 35.5. The van der Waals surface area contributed by atoms with Crippen LogP contribution in [0.2, 0.25) is 5.15 Å². The van der Waals surface area contributed by atoms with Gasteiger partial charge < -0.3 is 0 Å². The number of rotatable bonds is 3. The second kappa shape index (κ2) is 5.63. The van der Waals surface area contributed by atoms with Crippen molar-refractivity contribution in [2.45, 2.75) is 25.4 Å². The number of hydrogen-bond donors (Lipinski definition) is 0. The fourth-order valence-electron chi connectivity index (χ4n) is 2.56. The summed E-state index contributed by atoms with van der Waals surface area (Å²) in [7, 11) is 0. The number of hydrogen-bond acceptors (Lipinski definition) is 4. The van der Waals surface area contributed by atoms with Gasteiger partial charge in [-0.05, 0) is 43.7 Å². The van der Waals surface area contributed by atoms with E-state index in [4.69, 9.17) is 11.6 Å². The lowest BCUT2D eigenvalue weighted by Crippen LogP contribution is -2.24. The fraction of sp³-hybridized carbons (Fsp3) is 0.357. The van der Waals surface area contributed by atoms with Crippen LogP contribution in [0.25, 0.3) is 0 Å². The van der Waals surface area contributed by atoms with Crippen molar-refractivity contribution in [2.24, 2.45) is 0 Å². The van der Waals surface area contributed by atoms with E-state index in [0.717, 1.165) is 30.9 Å². The molecule has 2 aromatic rings. The summed E-state index contributed by atoms with van der Waals surface area (Å²) in [4.78, 5) is 6.87. The molecule has 0 radical (unpaired) electrons. The average molecular weight is 275 g/mol. The second-order valence-corrected chi connectivity index (χ2v) is 5.12. The molecule has 0 spiro atoms. The molecule has 0 amide bonds. The molecule has 0 N–H and O–H groups in total. The first-order valence-electron chi connectivity index (χ1n) is 6.46. The summed E-state index contributed by atoms with van der Waals surface area (Å²) >= 11 is 5.76. The molecule has 0 aliphatic carbocycles. The molecule has 0 bridgehead atoms. The first kappa shape index (κ1) is 12.5. The Morgan fingerprint density at radius 1 is 1.21 bits per heavy atom. The number of aromatic nitrogens is 3. The van der Waals surface area contributed by atoms with Crippen LogP contribution in [-0.4, -0.2) is 26.6 Å². The molecule has 1 unspecified atom stereocenters. The van der Waals surface area contributed by atoms with E-state index in [1.54, 1.807) is 6.07 Å². The van der Waals surface area contributed by atoms with E-state index in [2.05, 4.69) is 26.1 Å². The van der Waals surface area contributed by atoms with Gasteiger partial charge in [0, 0.05) is 12.7 Å². The van der Waals surface area contributed by atoms with E-state index in [-0.39, 0.29) is 0 Å². The summed E-state index contributed by atoms with van der Waals surface area (Å²) in [5.41, 5.74) is 2.09. The number of nitrogens with zero attached hydrogens (tertiary/aromatic N) is 4. The largest absolute Gasteiger partial charge is 0.289 e. The van der Waals surface area contributed by atoms with Gasteiger partial charge in [0.15, 0.2) is 5.15 Å². The molecule has 0 aromatic carbocycles.